The van der Waals surface area contributed by atoms with Crippen molar-refractivity contribution in [1.29, 1.82) is 0 Å². The number of likely N-dealkylation sites (tertiary alicyclic amines) is 1. The lowest BCUT2D eigenvalue weighted by molar-refractivity contribution is -0.132. The Hall–Kier alpha value is -0.780. The molecule has 0 saturated carbocycles. The topological polar surface area (TPSA) is 41.6 Å². The van der Waals surface area contributed by atoms with Crippen molar-refractivity contribution in [2.24, 2.45) is 0 Å². The fourth-order valence-corrected chi connectivity index (χ4v) is 2.95. The van der Waals surface area contributed by atoms with Gasteiger partial charge in [-0.3, -0.25) is 4.79 Å². The molecule has 0 radical (unpaired) electrons. The highest BCUT2D eigenvalue weighted by Crippen LogP contribution is 2.18. The van der Waals surface area contributed by atoms with E-state index < -0.39 is 0 Å². The van der Waals surface area contributed by atoms with Crippen molar-refractivity contribution in [1.82, 2.24) is 10.2 Å². The minimum absolute atomic E-state index is 0. The van der Waals surface area contributed by atoms with E-state index in [1.54, 1.807) is 0 Å². The maximum Gasteiger partial charge on any atom is 0.222 e. The monoisotopic (exact) mass is 390 g/mol. The van der Waals surface area contributed by atoms with Gasteiger partial charge < -0.3 is 15.0 Å². The highest BCUT2D eigenvalue weighted by molar-refractivity contribution is 9.10. The highest BCUT2D eigenvalue weighted by Gasteiger charge is 2.21. The number of carbonyl (C=O) groups is 1. The summed E-state index contributed by atoms with van der Waals surface area (Å²) in [5.41, 5.74) is 0. The smallest absolute Gasteiger partial charge is 0.222 e. The van der Waals surface area contributed by atoms with Crippen LogP contribution in [0.5, 0.6) is 5.75 Å². The molecule has 1 aliphatic rings. The Morgan fingerprint density at radius 3 is 3.05 bits per heavy atom. The van der Waals surface area contributed by atoms with Crippen LogP contribution in [0.15, 0.2) is 28.7 Å². The molecule has 1 aliphatic heterocycles. The summed E-state index contributed by atoms with van der Waals surface area (Å²) < 4.78 is 6.66. The molecule has 1 amide bonds. The molecule has 22 heavy (non-hydrogen) atoms. The zero-order valence-corrected chi connectivity index (χ0v) is 15.3. The maximum atomic E-state index is 12.2. The Labute approximate surface area is 147 Å². The average molecular weight is 392 g/mol. The van der Waals surface area contributed by atoms with Gasteiger partial charge in [0.05, 0.1) is 6.61 Å². The molecule has 1 aromatic rings. The predicted molar refractivity (Wildman–Crippen MR) is 94.8 cm³/mol. The number of halogens is 2. The van der Waals surface area contributed by atoms with E-state index in [4.69, 9.17) is 4.74 Å². The van der Waals surface area contributed by atoms with Crippen LogP contribution in [-0.2, 0) is 4.79 Å². The van der Waals surface area contributed by atoms with Crippen molar-refractivity contribution in [3.8, 4) is 5.75 Å². The van der Waals surface area contributed by atoms with Gasteiger partial charge in [0.25, 0.3) is 0 Å². The van der Waals surface area contributed by atoms with Gasteiger partial charge in [-0.05, 0) is 44.5 Å². The quantitative estimate of drug-likeness (QED) is 0.757. The first kappa shape index (κ1) is 19.3. The number of nitrogens with one attached hydrogen (secondary N) is 1. The average Bonchev–Trinajstić information content (AvgIpc) is 2.51. The van der Waals surface area contributed by atoms with Crippen LogP contribution in [0.3, 0.4) is 0 Å². The molecule has 4 nitrogen and oxygen atoms in total. The Morgan fingerprint density at radius 2 is 2.32 bits per heavy atom. The number of hydrogen-bond donors (Lipinski definition) is 1. The van der Waals surface area contributed by atoms with Crippen LogP contribution in [0.4, 0.5) is 0 Å². The predicted octanol–water partition coefficient (Wildman–Crippen LogP) is 3.24. The molecule has 124 valence electrons. The summed E-state index contributed by atoms with van der Waals surface area (Å²) in [7, 11) is 1.96. The zero-order valence-electron chi connectivity index (χ0n) is 12.9. The molecule has 1 atom stereocenters. The van der Waals surface area contributed by atoms with Crippen LogP contribution in [0, 0.1) is 0 Å². The number of benzene rings is 1. The van der Waals surface area contributed by atoms with Crippen molar-refractivity contribution in [3.05, 3.63) is 28.7 Å². The van der Waals surface area contributed by atoms with Gasteiger partial charge in [-0.1, -0.05) is 22.0 Å². The van der Waals surface area contributed by atoms with E-state index >= 15 is 0 Å². The van der Waals surface area contributed by atoms with Gasteiger partial charge in [0.2, 0.25) is 5.91 Å². The summed E-state index contributed by atoms with van der Waals surface area (Å²) in [6.45, 7) is 2.30. The first-order valence-corrected chi connectivity index (χ1v) is 8.32. The molecule has 0 spiro atoms. The lowest BCUT2D eigenvalue weighted by Gasteiger charge is -2.32. The molecule has 2 rings (SSSR count). The highest BCUT2D eigenvalue weighted by atomic mass is 79.9. The molecule has 1 fully saturated rings. The van der Waals surface area contributed by atoms with E-state index in [-0.39, 0.29) is 18.3 Å². The number of likely N-dealkylation sites (N-methyl/N-ethyl adjacent to an activating group) is 1. The van der Waals surface area contributed by atoms with E-state index in [1.165, 1.54) is 0 Å². The molecule has 1 saturated heterocycles. The Bertz CT molecular complexity index is 473. The second kappa shape index (κ2) is 10.1. The van der Waals surface area contributed by atoms with Crippen molar-refractivity contribution in [2.45, 2.75) is 31.7 Å². The van der Waals surface area contributed by atoms with Crippen molar-refractivity contribution in [2.75, 3.05) is 26.7 Å². The number of ether oxygens (including phenoxy) is 1. The van der Waals surface area contributed by atoms with Crippen LogP contribution < -0.4 is 10.1 Å². The van der Waals surface area contributed by atoms with Crippen LogP contribution in [0.2, 0.25) is 0 Å². The summed E-state index contributed by atoms with van der Waals surface area (Å²) in [6.07, 6.45) is 3.56. The number of carbonyl (C=O) groups excluding carboxylic acids is 1. The summed E-state index contributed by atoms with van der Waals surface area (Å²) in [5, 5.41) is 3.26. The van der Waals surface area contributed by atoms with Gasteiger partial charge in [-0.2, -0.15) is 0 Å². The molecule has 1 aromatic carbocycles. The molecular weight excluding hydrogens is 368 g/mol. The first-order valence-electron chi connectivity index (χ1n) is 7.52. The lowest BCUT2D eigenvalue weighted by atomic mass is 10.1. The lowest BCUT2D eigenvalue weighted by Crippen LogP contribution is -2.46. The fraction of sp³-hybridized carbons (Fsp3) is 0.562. The van der Waals surface area contributed by atoms with Crippen molar-refractivity contribution < 1.29 is 9.53 Å². The summed E-state index contributed by atoms with van der Waals surface area (Å²) in [5.74, 6) is 1.08. The third-order valence-corrected chi connectivity index (χ3v) is 4.28. The molecular formula is C16H24BrClN2O2. The Morgan fingerprint density at radius 1 is 1.50 bits per heavy atom. The van der Waals surface area contributed by atoms with Gasteiger partial charge in [0, 0.05) is 30.0 Å². The third kappa shape index (κ3) is 6.15. The van der Waals surface area contributed by atoms with E-state index in [9.17, 15) is 4.79 Å². The minimum Gasteiger partial charge on any atom is -0.494 e. The van der Waals surface area contributed by atoms with Crippen LogP contribution in [0.1, 0.15) is 25.7 Å². The van der Waals surface area contributed by atoms with Crippen molar-refractivity contribution in [3.63, 3.8) is 0 Å². The van der Waals surface area contributed by atoms with E-state index in [1.807, 2.05) is 36.2 Å². The number of amides is 1. The normalized spacial score (nSPS) is 17.7. The third-order valence-electron chi connectivity index (χ3n) is 3.78. The fourth-order valence-electron chi connectivity index (χ4n) is 2.57. The van der Waals surface area contributed by atoms with Crippen LogP contribution in [-0.4, -0.2) is 43.6 Å². The number of piperidine rings is 1. The largest absolute Gasteiger partial charge is 0.494 e. The van der Waals surface area contributed by atoms with Crippen LogP contribution in [0.25, 0.3) is 0 Å². The SMILES string of the molecule is CNC1CCCN(C(=O)CCCOc2cccc(Br)c2)C1.Cl. The minimum atomic E-state index is 0. The number of hydrogen-bond acceptors (Lipinski definition) is 3. The van der Waals surface area contributed by atoms with Crippen LogP contribution >= 0.6 is 28.3 Å². The van der Waals surface area contributed by atoms with Gasteiger partial charge in [-0.25, -0.2) is 0 Å². The number of nitrogens with zero attached hydrogens (tertiary/aromatic N) is 1. The molecule has 1 unspecified atom stereocenters. The maximum absolute atomic E-state index is 12.2. The molecule has 6 heteroatoms. The first-order chi connectivity index (χ1) is 10.2. The van der Waals surface area contributed by atoms with E-state index in [0.29, 0.717) is 19.1 Å². The van der Waals surface area contributed by atoms with Gasteiger partial charge in [0.15, 0.2) is 0 Å². The van der Waals surface area contributed by atoms with Crippen molar-refractivity contribution >= 4 is 34.2 Å². The van der Waals surface area contributed by atoms with Gasteiger partial charge in [-0.15, -0.1) is 12.4 Å². The molecule has 0 bridgehead atoms. The second-order valence-electron chi connectivity index (χ2n) is 5.38. The second-order valence-corrected chi connectivity index (χ2v) is 6.29. The molecule has 0 aromatic heterocycles. The van der Waals surface area contributed by atoms with E-state index in [2.05, 4.69) is 21.2 Å². The van der Waals surface area contributed by atoms with Gasteiger partial charge in [0.1, 0.15) is 5.75 Å². The molecule has 0 aliphatic carbocycles. The Kier molecular flexibility index (Phi) is 8.83. The molecule has 1 N–H and O–H groups in total. The Balaban J connectivity index is 0.00000242. The molecule has 1 heterocycles. The summed E-state index contributed by atoms with van der Waals surface area (Å²) >= 11 is 3.41. The number of rotatable bonds is 6. The van der Waals surface area contributed by atoms with Gasteiger partial charge >= 0.3 is 0 Å². The summed E-state index contributed by atoms with van der Waals surface area (Å²) in [4.78, 5) is 14.1. The summed E-state index contributed by atoms with van der Waals surface area (Å²) in [6, 6.07) is 8.21. The van der Waals surface area contributed by atoms with E-state index in [0.717, 1.165) is 42.6 Å². The standard InChI is InChI=1S/C16H23BrN2O2.ClH/c1-18-14-6-3-9-19(12-14)16(20)8-4-10-21-15-7-2-5-13(17)11-15;/h2,5,7,11,14,18H,3-4,6,8-10,12H2,1H3;1H. The zero-order chi connectivity index (χ0) is 15.1.